The number of hydrogen-bond acceptors (Lipinski definition) is 5. The predicted molar refractivity (Wildman–Crippen MR) is 104 cm³/mol. The monoisotopic (exact) mass is 468 g/mol. The van der Waals surface area contributed by atoms with Gasteiger partial charge in [-0.15, -0.1) is 0 Å². The summed E-state index contributed by atoms with van der Waals surface area (Å²) in [5, 5.41) is 7.95. The molecule has 9 heteroatoms. The number of alkyl halides is 1. The fraction of sp³-hybridized carbons (Fsp3) is 0.750. The van der Waals surface area contributed by atoms with E-state index in [-0.39, 0.29) is 48.8 Å². The topological polar surface area (TPSA) is 130 Å². The number of nitrogens with one attached hydrogen (secondary N) is 3. The quantitative estimate of drug-likeness (QED) is 0.232. The Hall–Kier alpha value is -1.23. The van der Waals surface area contributed by atoms with Gasteiger partial charge in [0.1, 0.15) is 0 Å². The zero-order chi connectivity index (χ0) is 19.4. The molecule has 0 aliphatic heterocycles. The van der Waals surface area contributed by atoms with Crippen molar-refractivity contribution in [2.24, 2.45) is 17.6 Å². The third kappa shape index (κ3) is 10.4. The molecule has 5 N–H and O–H groups in total. The van der Waals surface area contributed by atoms with Gasteiger partial charge >= 0.3 is 0 Å². The summed E-state index contributed by atoms with van der Waals surface area (Å²) < 4.78 is 0.330. The maximum Gasteiger partial charge on any atom is 0.229 e. The molecule has 25 heavy (non-hydrogen) atoms. The third-order valence-corrected chi connectivity index (χ3v) is 4.22. The number of halogens is 1. The van der Waals surface area contributed by atoms with Gasteiger partial charge in [-0.2, -0.15) is 0 Å². The van der Waals surface area contributed by atoms with E-state index in [0.717, 1.165) is 0 Å². The van der Waals surface area contributed by atoms with E-state index in [0.29, 0.717) is 17.5 Å². The SMILES string of the molecule is CC(C)[C@H](NC(=O)CCNC(=O)CI)C(=O)C[C@@H](C)C(=O)NCCN. The molecule has 0 fully saturated rings. The smallest absolute Gasteiger partial charge is 0.229 e. The fourth-order valence-electron chi connectivity index (χ4n) is 2.12. The molecule has 0 saturated heterocycles. The molecule has 2 atom stereocenters. The number of rotatable bonds is 12. The van der Waals surface area contributed by atoms with Gasteiger partial charge in [0.15, 0.2) is 5.78 Å². The number of carbonyl (C=O) groups excluding carboxylic acids is 4. The van der Waals surface area contributed by atoms with E-state index in [4.69, 9.17) is 5.73 Å². The number of nitrogens with two attached hydrogens (primary N) is 1. The first kappa shape index (κ1) is 23.8. The molecule has 0 spiro atoms. The van der Waals surface area contributed by atoms with Gasteiger partial charge in [-0.3, -0.25) is 19.2 Å². The Morgan fingerprint density at radius 3 is 2.16 bits per heavy atom. The molecule has 0 aromatic carbocycles. The molecule has 0 rings (SSSR count). The molecular weight excluding hydrogens is 439 g/mol. The van der Waals surface area contributed by atoms with Crippen molar-refractivity contribution in [1.82, 2.24) is 16.0 Å². The lowest BCUT2D eigenvalue weighted by Gasteiger charge is -2.22. The average Bonchev–Trinajstić information content (AvgIpc) is 2.56. The van der Waals surface area contributed by atoms with Crippen molar-refractivity contribution in [3.05, 3.63) is 0 Å². The molecule has 0 heterocycles. The largest absolute Gasteiger partial charge is 0.355 e. The van der Waals surface area contributed by atoms with Crippen LogP contribution in [0.5, 0.6) is 0 Å². The molecule has 0 aromatic rings. The third-order valence-electron chi connectivity index (χ3n) is 3.52. The van der Waals surface area contributed by atoms with Crippen LogP contribution >= 0.6 is 22.6 Å². The van der Waals surface area contributed by atoms with Crippen LogP contribution in [0.3, 0.4) is 0 Å². The minimum absolute atomic E-state index is 0.0467. The summed E-state index contributed by atoms with van der Waals surface area (Å²) in [6.45, 7) is 6.27. The van der Waals surface area contributed by atoms with Crippen LogP contribution in [-0.4, -0.2) is 53.6 Å². The van der Waals surface area contributed by atoms with Crippen LogP contribution in [0.4, 0.5) is 0 Å². The van der Waals surface area contributed by atoms with E-state index in [1.165, 1.54) is 0 Å². The Morgan fingerprint density at radius 1 is 1.00 bits per heavy atom. The van der Waals surface area contributed by atoms with Gasteiger partial charge in [-0.1, -0.05) is 43.4 Å². The normalized spacial score (nSPS) is 13.0. The van der Waals surface area contributed by atoms with Crippen LogP contribution in [0.2, 0.25) is 0 Å². The highest BCUT2D eigenvalue weighted by molar-refractivity contribution is 14.1. The number of hydrogen-bond donors (Lipinski definition) is 4. The van der Waals surface area contributed by atoms with Crippen LogP contribution in [0, 0.1) is 11.8 Å². The fourth-order valence-corrected chi connectivity index (χ4v) is 2.39. The highest BCUT2D eigenvalue weighted by Crippen LogP contribution is 2.11. The summed E-state index contributed by atoms with van der Waals surface area (Å²) in [5.74, 6) is -1.44. The summed E-state index contributed by atoms with van der Waals surface area (Å²) in [5.41, 5.74) is 5.33. The van der Waals surface area contributed by atoms with E-state index >= 15 is 0 Å². The van der Waals surface area contributed by atoms with Crippen molar-refractivity contribution in [3.8, 4) is 0 Å². The van der Waals surface area contributed by atoms with Crippen LogP contribution in [0.15, 0.2) is 0 Å². The molecule has 144 valence electrons. The minimum Gasteiger partial charge on any atom is -0.355 e. The summed E-state index contributed by atoms with van der Waals surface area (Å²) in [6.07, 6.45) is 0.149. The summed E-state index contributed by atoms with van der Waals surface area (Å²) >= 11 is 1.94. The number of carbonyl (C=O) groups is 4. The van der Waals surface area contributed by atoms with E-state index in [1.54, 1.807) is 6.92 Å². The zero-order valence-corrected chi connectivity index (χ0v) is 17.2. The van der Waals surface area contributed by atoms with Gasteiger partial charge in [-0.25, -0.2) is 0 Å². The molecule has 0 aromatic heterocycles. The van der Waals surface area contributed by atoms with Crippen molar-refractivity contribution < 1.29 is 19.2 Å². The summed E-state index contributed by atoms with van der Waals surface area (Å²) in [7, 11) is 0. The highest BCUT2D eigenvalue weighted by atomic mass is 127. The number of amides is 3. The molecule has 8 nitrogen and oxygen atoms in total. The van der Waals surface area contributed by atoms with Crippen LogP contribution in [0.1, 0.15) is 33.6 Å². The van der Waals surface area contributed by atoms with Gasteiger partial charge in [0.2, 0.25) is 17.7 Å². The van der Waals surface area contributed by atoms with Crippen LogP contribution in [-0.2, 0) is 19.2 Å². The molecule has 3 amide bonds. The van der Waals surface area contributed by atoms with Gasteiger partial charge in [0.05, 0.1) is 10.5 Å². The molecule has 0 saturated carbocycles. The minimum atomic E-state index is -0.655. The second-order valence-corrected chi connectivity index (χ2v) is 6.94. The number of Topliss-reactive ketones (excluding diaryl/α,β-unsaturated/α-hetero) is 1. The van der Waals surface area contributed by atoms with Gasteiger partial charge in [-0.05, 0) is 5.92 Å². The Bertz CT molecular complexity index is 471. The van der Waals surface area contributed by atoms with Gasteiger partial charge < -0.3 is 21.7 Å². The Kier molecular flexibility index (Phi) is 12.4. The highest BCUT2D eigenvalue weighted by Gasteiger charge is 2.27. The lowest BCUT2D eigenvalue weighted by Crippen LogP contribution is -2.46. The summed E-state index contributed by atoms with van der Waals surface area (Å²) in [6, 6.07) is -0.655. The van der Waals surface area contributed by atoms with Crippen molar-refractivity contribution in [3.63, 3.8) is 0 Å². The molecule has 0 bridgehead atoms. The van der Waals surface area contributed by atoms with E-state index in [2.05, 4.69) is 16.0 Å². The van der Waals surface area contributed by atoms with E-state index < -0.39 is 12.0 Å². The molecular formula is C16H29IN4O4. The van der Waals surface area contributed by atoms with Gasteiger partial charge in [0.25, 0.3) is 0 Å². The van der Waals surface area contributed by atoms with E-state index in [1.807, 2.05) is 36.4 Å². The predicted octanol–water partition coefficient (Wildman–Crippen LogP) is -0.261. The Balaban J connectivity index is 4.51. The standard InChI is InChI=1S/C16H29IN4O4/c1-10(2)15(21-13(23)4-6-19-14(24)9-17)12(22)8-11(3)16(25)20-7-5-18/h10-11,15H,4-9,18H2,1-3H3,(H,19,24)(H,20,25)(H,21,23)/t11-,15+/m1/s1. The lowest BCUT2D eigenvalue weighted by atomic mass is 9.92. The van der Waals surface area contributed by atoms with Crippen LogP contribution in [0.25, 0.3) is 0 Å². The Labute approximate surface area is 162 Å². The molecule has 0 aliphatic carbocycles. The average molecular weight is 468 g/mol. The second kappa shape index (κ2) is 13.0. The second-order valence-electron chi connectivity index (χ2n) is 6.17. The van der Waals surface area contributed by atoms with Crippen molar-refractivity contribution in [2.45, 2.75) is 39.7 Å². The van der Waals surface area contributed by atoms with Crippen LogP contribution < -0.4 is 21.7 Å². The van der Waals surface area contributed by atoms with Crippen molar-refractivity contribution in [1.29, 1.82) is 0 Å². The zero-order valence-electron chi connectivity index (χ0n) is 15.1. The molecule has 0 aliphatic rings. The first-order chi connectivity index (χ1) is 11.7. The molecule has 0 radical (unpaired) electrons. The first-order valence-electron chi connectivity index (χ1n) is 8.35. The first-order valence-corrected chi connectivity index (χ1v) is 9.88. The summed E-state index contributed by atoms with van der Waals surface area (Å²) in [4.78, 5) is 47.4. The maximum absolute atomic E-state index is 12.4. The molecule has 0 unspecified atom stereocenters. The van der Waals surface area contributed by atoms with E-state index in [9.17, 15) is 19.2 Å². The lowest BCUT2D eigenvalue weighted by molar-refractivity contribution is -0.132. The van der Waals surface area contributed by atoms with Gasteiger partial charge in [0, 0.05) is 38.4 Å². The maximum atomic E-state index is 12.4. The van der Waals surface area contributed by atoms with Crippen molar-refractivity contribution in [2.75, 3.05) is 24.1 Å². The van der Waals surface area contributed by atoms with Crippen molar-refractivity contribution >= 4 is 46.1 Å². The Morgan fingerprint density at radius 2 is 1.64 bits per heavy atom. The number of ketones is 1.